The van der Waals surface area contributed by atoms with Crippen molar-refractivity contribution in [3.8, 4) is 0 Å². The number of hydrogen-bond acceptors (Lipinski definition) is 0. The third kappa shape index (κ3) is 78.2. The smallest absolute Gasteiger partial charge is 1.00 e. The summed E-state index contributed by atoms with van der Waals surface area (Å²) >= 11 is 0. The molecule has 0 amide bonds. The molecular formula is C3H9FTi. The van der Waals surface area contributed by atoms with Crippen molar-refractivity contribution in [1.82, 2.24) is 0 Å². The largest absolute Gasteiger partial charge is 4.00 e. The van der Waals surface area contributed by atoms with Crippen LogP contribution in [-0.2, 0) is 21.7 Å². The van der Waals surface area contributed by atoms with Crippen LogP contribution in [0.15, 0.2) is 0 Å². The molecule has 0 saturated carbocycles. The van der Waals surface area contributed by atoms with E-state index in [0.717, 1.165) is 0 Å². The Labute approximate surface area is 49.2 Å². The van der Waals surface area contributed by atoms with Gasteiger partial charge in [0.25, 0.3) is 0 Å². The van der Waals surface area contributed by atoms with Gasteiger partial charge in [0.1, 0.15) is 0 Å². The van der Waals surface area contributed by atoms with E-state index in [9.17, 15) is 0 Å². The summed E-state index contributed by atoms with van der Waals surface area (Å²) in [5.41, 5.74) is 0. The first-order valence-electron chi connectivity index (χ1n) is 0. The Morgan fingerprint density at radius 2 is 0.600 bits per heavy atom. The van der Waals surface area contributed by atoms with Gasteiger partial charge < -0.3 is 27.0 Å². The van der Waals surface area contributed by atoms with E-state index in [1.807, 2.05) is 0 Å². The molecule has 0 rings (SSSR count). The van der Waals surface area contributed by atoms with Crippen molar-refractivity contribution < 1.29 is 26.4 Å². The fourth-order valence-corrected chi connectivity index (χ4v) is 0. The number of hydrogen-bond donors (Lipinski definition) is 0. The van der Waals surface area contributed by atoms with Crippen molar-refractivity contribution >= 4 is 0 Å². The minimum atomic E-state index is 0. The average molecular weight is 112 g/mol. The van der Waals surface area contributed by atoms with E-state index in [0.29, 0.717) is 0 Å². The van der Waals surface area contributed by atoms with Crippen LogP contribution < -0.4 is 4.70 Å². The van der Waals surface area contributed by atoms with E-state index in [4.69, 9.17) is 0 Å². The molecule has 0 nitrogen and oxygen atoms in total. The molecule has 0 unspecified atom stereocenters. The minimum Gasteiger partial charge on any atom is -1.00 e. The summed E-state index contributed by atoms with van der Waals surface area (Å²) in [6, 6.07) is 0. The summed E-state index contributed by atoms with van der Waals surface area (Å²) in [6.07, 6.45) is 0. The normalized spacial score (nSPS) is 0. The van der Waals surface area contributed by atoms with Gasteiger partial charge in [0, 0.05) is 0 Å². The van der Waals surface area contributed by atoms with Crippen LogP contribution in [0.4, 0.5) is 0 Å². The fourth-order valence-electron chi connectivity index (χ4n) is 0. The molecule has 0 saturated heterocycles. The molecule has 0 aliphatic rings. The van der Waals surface area contributed by atoms with Crippen LogP contribution in [-0.4, -0.2) is 0 Å². The molecule has 32 valence electrons. The van der Waals surface area contributed by atoms with Crippen molar-refractivity contribution in [3.05, 3.63) is 22.3 Å². The molecule has 0 bridgehead atoms. The van der Waals surface area contributed by atoms with E-state index >= 15 is 0 Å². The van der Waals surface area contributed by atoms with Gasteiger partial charge in [0.05, 0.1) is 0 Å². The maximum absolute atomic E-state index is 0. The molecule has 0 aromatic heterocycles. The van der Waals surface area contributed by atoms with Gasteiger partial charge in [-0.05, 0) is 0 Å². The number of halogens is 1. The van der Waals surface area contributed by atoms with E-state index in [1.165, 1.54) is 0 Å². The molecule has 0 aromatic carbocycles. The Morgan fingerprint density at radius 3 is 0.600 bits per heavy atom. The molecule has 0 heterocycles. The zero-order valence-corrected chi connectivity index (χ0v) is 5.44. The first-order chi connectivity index (χ1) is 0. The maximum atomic E-state index is 0. The molecule has 0 atom stereocenters. The van der Waals surface area contributed by atoms with E-state index < -0.39 is 0 Å². The molecule has 5 heavy (non-hydrogen) atoms. The van der Waals surface area contributed by atoms with Crippen LogP contribution >= 0.6 is 0 Å². The van der Waals surface area contributed by atoms with Crippen LogP contribution in [0.1, 0.15) is 0 Å². The summed E-state index contributed by atoms with van der Waals surface area (Å²) in [4.78, 5) is 0. The molecule has 0 fully saturated rings. The van der Waals surface area contributed by atoms with Gasteiger partial charge in [-0.2, -0.15) is 0 Å². The van der Waals surface area contributed by atoms with Crippen LogP contribution in [0.2, 0.25) is 0 Å². The average Bonchev–Trinajstić information content (AvgIpc) is 0. The predicted octanol–water partition coefficient (Wildman–Crippen LogP) is -1.65. The first kappa shape index (κ1) is 293. The maximum Gasteiger partial charge on any atom is 4.00 e. The van der Waals surface area contributed by atoms with Gasteiger partial charge in [0.2, 0.25) is 0 Å². The third-order valence-electron chi connectivity index (χ3n) is 0. The van der Waals surface area contributed by atoms with Gasteiger partial charge >= 0.3 is 21.7 Å². The van der Waals surface area contributed by atoms with E-state index in [1.54, 1.807) is 0 Å². The number of rotatable bonds is 0. The van der Waals surface area contributed by atoms with Crippen LogP contribution in [0.25, 0.3) is 0 Å². The molecule has 0 spiro atoms. The molecule has 0 aliphatic heterocycles. The second-order valence-electron chi connectivity index (χ2n) is 0. The monoisotopic (exact) mass is 112 g/mol. The zero-order valence-electron chi connectivity index (χ0n) is 3.88. The van der Waals surface area contributed by atoms with E-state index in [2.05, 4.69) is 0 Å². The third-order valence-corrected chi connectivity index (χ3v) is 0. The molecule has 2 heteroatoms. The van der Waals surface area contributed by atoms with Crippen molar-refractivity contribution in [2.75, 3.05) is 0 Å². The van der Waals surface area contributed by atoms with Gasteiger partial charge in [-0.1, -0.05) is 0 Å². The van der Waals surface area contributed by atoms with Gasteiger partial charge in [-0.15, -0.1) is 0 Å². The summed E-state index contributed by atoms with van der Waals surface area (Å²) in [6.45, 7) is 0. The quantitative estimate of drug-likeness (QED) is 0.260. The molecule has 0 aromatic rings. The molecular weight excluding hydrogens is 103 g/mol. The van der Waals surface area contributed by atoms with Gasteiger partial charge in [-0.3, -0.25) is 0 Å². The van der Waals surface area contributed by atoms with Crippen molar-refractivity contribution in [1.29, 1.82) is 0 Å². The van der Waals surface area contributed by atoms with Crippen molar-refractivity contribution in [2.24, 2.45) is 0 Å². The fraction of sp³-hybridized carbons (Fsp3) is 0. The Morgan fingerprint density at radius 1 is 0.600 bits per heavy atom. The van der Waals surface area contributed by atoms with E-state index in [-0.39, 0.29) is 48.7 Å². The second kappa shape index (κ2) is 149. The second-order valence-corrected chi connectivity index (χ2v) is 0. The van der Waals surface area contributed by atoms with Crippen LogP contribution in [0.3, 0.4) is 0 Å². The molecule has 0 radical (unpaired) electrons. The summed E-state index contributed by atoms with van der Waals surface area (Å²) in [5, 5.41) is 0. The Hall–Kier alpha value is 0.644. The van der Waals surface area contributed by atoms with Gasteiger partial charge in [-0.25, -0.2) is 0 Å². The minimum absolute atomic E-state index is 0. The summed E-state index contributed by atoms with van der Waals surface area (Å²) in [5.74, 6) is 0. The Balaban J connectivity index is 0. The summed E-state index contributed by atoms with van der Waals surface area (Å²) < 4.78 is 0. The van der Waals surface area contributed by atoms with Gasteiger partial charge in [0.15, 0.2) is 0 Å². The predicted molar refractivity (Wildman–Crippen MR) is 19.2 cm³/mol. The molecule has 0 N–H and O–H groups in total. The van der Waals surface area contributed by atoms with Crippen molar-refractivity contribution in [3.63, 3.8) is 0 Å². The molecule has 0 aliphatic carbocycles. The summed E-state index contributed by atoms with van der Waals surface area (Å²) in [7, 11) is 0. The van der Waals surface area contributed by atoms with Crippen LogP contribution in [0.5, 0.6) is 0 Å². The first-order valence-corrected chi connectivity index (χ1v) is 0. The standard InChI is InChI=1S/3CH3.FH.Ti/h3*1H3;1H;/q3*-1;;+4/p-1. The van der Waals surface area contributed by atoms with Crippen LogP contribution in [0, 0.1) is 22.3 Å². The zero-order chi connectivity index (χ0) is 0. The topological polar surface area (TPSA) is 0 Å². The SMILES string of the molecule is [CH3-].[CH3-].[CH3-].[F-].[Ti+4]. The van der Waals surface area contributed by atoms with Crippen molar-refractivity contribution in [2.45, 2.75) is 0 Å². The Bertz CT molecular complexity index is 6.85. The Kier molecular flexibility index (Phi) is 8720.